The zero-order valence-electron chi connectivity index (χ0n) is 17.0. The van der Waals surface area contributed by atoms with E-state index in [9.17, 15) is 4.79 Å². The number of nitrogens with zero attached hydrogens (tertiary/aromatic N) is 2. The Balaban J connectivity index is 1.63. The lowest BCUT2D eigenvalue weighted by atomic mass is 10.0. The van der Waals surface area contributed by atoms with E-state index in [1.807, 2.05) is 37.3 Å². The van der Waals surface area contributed by atoms with Gasteiger partial charge >= 0.3 is 0 Å². The lowest BCUT2D eigenvalue weighted by Crippen LogP contribution is -1.98. The van der Waals surface area contributed by atoms with E-state index < -0.39 is 0 Å². The summed E-state index contributed by atoms with van der Waals surface area (Å²) in [5.74, 6) is 0. The molecule has 0 bridgehead atoms. The molecular formula is C28H18N2O. The number of aromatic nitrogens is 2. The van der Waals surface area contributed by atoms with E-state index in [0.29, 0.717) is 11.3 Å². The fourth-order valence-electron chi connectivity index (χ4n) is 4.37. The molecule has 2 aromatic heterocycles. The molecule has 0 saturated carbocycles. The fraction of sp³-hybridized carbons (Fsp3) is 0.0357. The van der Waals surface area contributed by atoms with Gasteiger partial charge in [-0.25, -0.2) is 9.97 Å². The molecule has 31 heavy (non-hydrogen) atoms. The minimum absolute atomic E-state index is 0.554. The highest BCUT2D eigenvalue weighted by Gasteiger charge is 2.15. The number of rotatable bonds is 2. The molecule has 0 atom stereocenters. The second kappa shape index (κ2) is 6.71. The largest absolute Gasteiger partial charge is 0.298 e. The fourth-order valence-corrected chi connectivity index (χ4v) is 4.37. The van der Waals surface area contributed by atoms with Crippen LogP contribution in [0.1, 0.15) is 15.9 Å². The van der Waals surface area contributed by atoms with Gasteiger partial charge in [0.1, 0.15) is 5.69 Å². The highest BCUT2D eigenvalue weighted by atomic mass is 16.1. The van der Waals surface area contributed by atoms with Crippen LogP contribution in [0.2, 0.25) is 0 Å². The van der Waals surface area contributed by atoms with Gasteiger partial charge in [-0.2, -0.15) is 0 Å². The first kappa shape index (κ1) is 17.7. The van der Waals surface area contributed by atoms with Crippen molar-refractivity contribution >= 4 is 49.6 Å². The van der Waals surface area contributed by atoms with Crippen LogP contribution >= 0.6 is 0 Å². The predicted octanol–water partition coefficient (Wildman–Crippen LogP) is 6.88. The van der Waals surface area contributed by atoms with Gasteiger partial charge in [-0.1, -0.05) is 48.5 Å². The molecule has 3 nitrogen and oxygen atoms in total. The van der Waals surface area contributed by atoms with Gasteiger partial charge < -0.3 is 0 Å². The van der Waals surface area contributed by atoms with Crippen molar-refractivity contribution in [2.75, 3.05) is 0 Å². The minimum atomic E-state index is 0.554. The van der Waals surface area contributed by atoms with Gasteiger partial charge in [0.25, 0.3) is 0 Å². The number of pyridine rings is 2. The van der Waals surface area contributed by atoms with Crippen LogP contribution < -0.4 is 0 Å². The molecule has 0 spiro atoms. The summed E-state index contributed by atoms with van der Waals surface area (Å²) in [6.45, 7) is 2.03. The van der Waals surface area contributed by atoms with Crippen LogP contribution in [-0.4, -0.2) is 16.3 Å². The Morgan fingerprint density at radius 3 is 1.61 bits per heavy atom. The van der Waals surface area contributed by atoms with Gasteiger partial charge in [0, 0.05) is 16.3 Å². The Bertz CT molecular complexity index is 1670. The highest BCUT2D eigenvalue weighted by molar-refractivity contribution is 6.02. The molecule has 0 amide bonds. The van der Waals surface area contributed by atoms with Crippen molar-refractivity contribution in [1.82, 2.24) is 9.97 Å². The van der Waals surface area contributed by atoms with E-state index in [1.165, 1.54) is 5.39 Å². The molecule has 0 radical (unpaired) electrons. The molecule has 3 heteroatoms. The average molecular weight is 398 g/mol. The number of fused-ring (bicyclic) bond motifs is 4. The molecule has 2 heterocycles. The first-order valence-corrected chi connectivity index (χ1v) is 10.3. The van der Waals surface area contributed by atoms with Crippen LogP contribution in [0, 0.1) is 6.92 Å². The zero-order chi connectivity index (χ0) is 20.9. The molecule has 0 N–H and O–H groups in total. The molecule has 0 aliphatic rings. The average Bonchev–Trinajstić information content (AvgIpc) is 2.80. The first-order chi connectivity index (χ1) is 15.2. The number of hydrogen-bond donors (Lipinski definition) is 0. The van der Waals surface area contributed by atoms with Crippen molar-refractivity contribution in [3.63, 3.8) is 0 Å². The second-order valence-corrected chi connectivity index (χ2v) is 7.98. The summed E-state index contributed by atoms with van der Waals surface area (Å²) in [6, 6.07) is 28.9. The van der Waals surface area contributed by atoms with Gasteiger partial charge in [0.15, 0.2) is 6.29 Å². The summed E-state index contributed by atoms with van der Waals surface area (Å²) in [4.78, 5) is 21.8. The number of carbonyl (C=O) groups is 1. The summed E-state index contributed by atoms with van der Waals surface area (Å²) in [7, 11) is 0. The van der Waals surface area contributed by atoms with E-state index in [4.69, 9.17) is 9.97 Å². The van der Waals surface area contributed by atoms with Crippen LogP contribution in [0.3, 0.4) is 0 Å². The molecule has 4 aromatic carbocycles. The number of aldehydes is 1. The lowest BCUT2D eigenvalue weighted by molar-refractivity contribution is 0.112. The maximum atomic E-state index is 12.0. The van der Waals surface area contributed by atoms with Gasteiger partial charge in [-0.15, -0.1) is 0 Å². The molecule has 0 fully saturated rings. The maximum absolute atomic E-state index is 12.0. The second-order valence-electron chi connectivity index (χ2n) is 7.98. The highest BCUT2D eigenvalue weighted by Crippen LogP contribution is 2.31. The standard InChI is InChI=1S/C28H18N2O/c1-17-10-22-11-18-6-2-4-8-20(18)14-25(22)29-27(17)28-24(16-31)13-23-12-19-7-3-5-9-21(19)15-26(23)30-28/h2-16H,1H3. The zero-order valence-corrected chi connectivity index (χ0v) is 17.0. The van der Waals surface area contributed by atoms with Crippen molar-refractivity contribution < 1.29 is 4.79 Å². The Labute approximate surface area is 179 Å². The Hall–Kier alpha value is -4.11. The van der Waals surface area contributed by atoms with Gasteiger partial charge in [0.05, 0.1) is 16.7 Å². The normalized spacial score (nSPS) is 11.5. The topological polar surface area (TPSA) is 42.9 Å². The van der Waals surface area contributed by atoms with Gasteiger partial charge in [-0.3, -0.25) is 4.79 Å². The van der Waals surface area contributed by atoms with Crippen LogP contribution in [0.4, 0.5) is 0 Å². The SMILES string of the molecule is Cc1cc2cc3ccccc3cc2nc1-c1nc2cc3ccccc3cc2cc1C=O. The third-order valence-corrected chi connectivity index (χ3v) is 5.94. The quantitative estimate of drug-likeness (QED) is 0.236. The van der Waals surface area contributed by atoms with Crippen LogP contribution in [0.15, 0.2) is 84.9 Å². The molecule has 6 rings (SSSR count). The van der Waals surface area contributed by atoms with E-state index in [2.05, 4.69) is 54.6 Å². The van der Waals surface area contributed by atoms with Gasteiger partial charge in [-0.05, 0) is 70.4 Å². The van der Waals surface area contributed by atoms with Crippen LogP contribution in [0.25, 0.3) is 54.7 Å². The number of benzene rings is 4. The third-order valence-electron chi connectivity index (χ3n) is 5.94. The number of carbonyl (C=O) groups excluding carboxylic acids is 1. The van der Waals surface area contributed by atoms with E-state index in [-0.39, 0.29) is 0 Å². The van der Waals surface area contributed by atoms with E-state index in [0.717, 1.165) is 55.5 Å². The Kier molecular flexibility index (Phi) is 3.84. The summed E-state index contributed by atoms with van der Waals surface area (Å²) in [5.41, 5.74) is 4.69. The molecule has 146 valence electrons. The summed E-state index contributed by atoms with van der Waals surface area (Å²) >= 11 is 0. The summed E-state index contributed by atoms with van der Waals surface area (Å²) in [6.07, 6.45) is 0.878. The third kappa shape index (κ3) is 2.86. The lowest BCUT2D eigenvalue weighted by Gasteiger charge is -2.12. The molecule has 0 aliphatic carbocycles. The van der Waals surface area contributed by atoms with Crippen molar-refractivity contribution in [3.8, 4) is 11.4 Å². The molecule has 0 unspecified atom stereocenters. The summed E-state index contributed by atoms with van der Waals surface area (Å²) in [5, 5.41) is 6.63. The van der Waals surface area contributed by atoms with E-state index in [1.54, 1.807) is 0 Å². The van der Waals surface area contributed by atoms with Crippen molar-refractivity contribution in [2.24, 2.45) is 0 Å². The van der Waals surface area contributed by atoms with Crippen molar-refractivity contribution in [3.05, 3.63) is 96.1 Å². The van der Waals surface area contributed by atoms with E-state index >= 15 is 0 Å². The first-order valence-electron chi connectivity index (χ1n) is 10.3. The van der Waals surface area contributed by atoms with Crippen LogP contribution in [-0.2, 0) is 0 Å². The van der Waals surface area contributed by atoms with Crippen molar-refractivity contribution in [2.45, 2.75) is 6.92 Å². The smallest absolute Gasteiger partial charge is 0.152 e. The molecule has 0 saturated heterocycles. The van der Waals surface area contributed by atoms with Gasteiger partial charge in [0.2, 0.25) is 0 Å². The minimum Gasteiger partial charge on any atom is -0.298 e. The number of aryl methyl sites for hydroxylation is 1. The number of hydrogen-bond acceptors (Lipinski definition) is 3. The molecule has 0 aliphatic heterocycles. The predicted molar refractivity (Wildman–Crippen MR) is 128 cm³/mol. The van der Waals surface area contributed by atoms with Crippen LogP contribution in [0.5, 0.6) is 0 Å². The molecule has 6 aromatic rings. The summed E-state index contributed by atoms with van der Waals surface area (Å²) < 4.78 is 0. The van der Waals surface area contributed by atoms with Crippen molar-refractivity contribution in [1.29, 1.82) is 0 Å². The monoisotopic (exact) mass is 398 g/mol. The maximum Gasteiger partial charge on any atom is 0.152 e. The Morgan fingerprint density at radius 2 is 1.06 bits per heavy atom. The Morgan fingerprint density at radius 1 is 0.581 bits per heavy atom. The molecular weight excluding hydrogens is 380 g/mol.